The molecule has 0 spiro atoms. The molecule has 0 bridgehead atoms. The van der Waals surface area contributed by atoms with Gasteiger partial charge in [0.05, 0.1) is 30.5 Å². The van der Waals surface area contributed by atoms with Crippen LogP contribution in [0.1, 0.15) is 43.6 Å². The molecule has 10 nitrogen and oxygen atoms in total. The van der Waals surface area contributed by atoms with E-state index in [2.05, 4.69) is 25.9 Å². The van der Waals surface area contributed by atoms with Crippen LogP contribution in [0.3, 0.4) is 0 Å². The lowest BCUT2D eigenvalue weighted by Gasteiger charge is -2.23. The van der Waals surface area contributed by atoms with Crippen LogP contribution in [-0.4, -0.2) is 62.0 Å². The van der Waals surface area contributed by atoms with Crippen molar-refractivity contribution in [2.24, 2.45) is 0 Å². The van der Waals surface area contributed by atoms with Gasteiger partial charge in [-0.1, -0.05) is 12.1 Å². The Labute approximate surface area is 226 Å². The van der Waals surface area contributed by atoms with Gasteiger partial charge in [-0.2, -0.15) is 4.98 Å². The minimum atomic E-state index is -1.62. The molecule has 1 aromatic carbocycles. The first-order valence-electron chi connectivity index (χ1n) is 12.7. The van der Waals surface area contributed by atoms with Gasteiger partial charge < -0.3 is 25.8 Å². The van der Waals surface area contributed by atoms with Crippen molar-refractivity contribution in [3.05, 3.63) is 66.1 Å². The first-order valence-corrected chi connectivity index (χ1v) is 12.7. The summed E-state index contributed by atoms with van der Waals surface area (Å²) in [5, 5.41) is 19.7. The molecule has 0 saturated carbocycles. The number of ether oxygens (including phenoxy) is 1. The number of amides is 1. The molecule has 0 unspecified atom stereocenters. The van der Waals surface area contributed by atoms with Gasteiger partial charge in [-0.25, -0.2) is 14.4 Å². The topological polar surface area (TPSA) is 126 Å². The van der Waals surface area contributed by atoms with Gasteiger partial charge in [0.2, 0.25) is 5.95 Å². The summed E-state index contributed by atoms with van der Waals surface area (Å²) in [6.07, 6.45) is 3.40. The summed E-state index contributed by atoms with van der Waals surface area (Å²) in [5.74, 6) is 1.30. The van der Waals surface area contributed by atoms with Crippen LogP contribution < -0.4 is 20.7 Å². The molecule has 1 atom stereocenters. The van der Waals surface area contributed by atoms with Crippen molar-refractivity contribution >= 4 is 28.6 Å². The lowest BCUT2D eigenvalue weighted by molar-refractivity contribution is -0.00177. The number of benzene rings is 1. The molecular weight excluding hydrogens is 501 g/mol. The molecule has 206 valence electrons. The predicted octanol–water partition coefficient (Wildman–Crippen LogP) is 4.10. The van der Waals surface area contributed by atoms with Gasteiger partial charge in [-0.15, -0.1) is 0 Å². The molecule has 4 N–H and O–H groups in total. The molecule has 0 aliphatic rings. The normalized spacial score (nSPS) is 12.4. The quantitative estimate of drug-likeness (QED) is 0.226. The van der Waals surface area contributed by atoms with Gasteiger partial charge in [-0.3, -0.25) is 9.36 Å². The molecule has 11 heteroatoms. The number of fused-ring (bicyclic) bond motifs is 1. The van der Waals surface area contributed by atoms with Crippen molar-refractivity contribution in [1.82, 2.24) is 24.8 Å². The van der Waals surface area contributed by atoms with Crippen molar-refractivity contribution in [2.45, 2.75) is 52.1 Å². The third-order valence-electron chi connectivity index (χ3n) is 6.07. The van der Waals surface area contributed by atoms with Gasteiger partial charge in [0.1, 0.15) is 17.7 Å². The fraction of sp³-hybridized carbons (Fsp3) is 0.357. The Kier molecular flexibility index (Phi) is 8.29. The van der Waals surface area contributed by atoms with Gasteiger partial charge >= 0.3 is 0 Å². The predicted molar refractivity (Wildman–Crippen MR) is 149 cm³/mol. The molecule has 4 rings (SSSR count). The Morgan fingerprint density at radius 1 is 1.15 bits per heavy atom. The van der Waals surface area contributed by atoms with Crippen LogP contribution in [0, 0.1) is 0 Å². The number of hydrogen-bond donors (Lipinski definition) is 4. The molecule has 0 aliphatic carbocycles. The molecule has 39 heavy (non-hydrogen) atoms. The van der Waals surface area contributed by atoms with Gasteiger partial charge in [0.25, 0.3) is 5.91 Å². The number of aromatic nitrogens is 4. The van der Waals surface area contributed by atoms with E-state index in [1.807, 2.05) is 54.9 Å². The number of nitrogens with one attached hydrogen (secondary N) is 3. The molecule has 0 radical (unpaired) electrons. The van der Waals surface area contributed by atoms with Crippen LogP contribution in [0.2, 0.25) is 0 Å². The van der Waals surface area contributed by atoms with E-state index in [0.29, 0.717) is 29.6 Å². The summed E-state index contributed by atoms with van der Waals surface area (Å²) in [5.41, 5.74) is 0.946. The van der Waals surface area contributed by atoms with E-state index < -0.39 is 17.7 Å². The van der Waals surface area contributed by atoms with E-state index in [-0.39, 0.29) is 18.2 Å². The summed E-state index contributed by atoms with van der Waals surface area (Å²) in [4.78, 5) is 26.5. The summed E-state index contributed by atoms with van der Waals surface area (Å²) >= 11 is 0. The number of hydrogen-bond acceptors (Lipinski definition) is 8. The highest BCUT2D eigenvalue weighted by molar-refractivity contribution is 5.99. The number of nitrogens with zero attached hydrogens (tertiary/aromatic N) is 4. The standard InChI is InChI=1S/C28H34FN7O3/c1-17(2)34-22-12-24(30-15-21(22)26(37)31-16-23(29)28(3,4)38)36-11-10-19-14-33-27(35-25(19)36)32-13-18-6-8-20(39-5)9-7-18/h6-12,14-15,17,23,38H,13,16H2,1-5H3,(H,30,34)(H,31,37)(H,32,33,35)/t23-/m1/s1. The molecule has 1 amide bonds. The van der Waals surface area contributed by atoms with E-state index in [1.54, 1.807) is 19.4 Å². The third-order valence-corrected chi connectivity index (χ3v) is 6.07. The second kappa shape index (κ2) is 11.6. The number of halogens is 1. The van der Waals surface area contributed by atoms with E-state index >= 15 is 0 Å². The third kappa shape index (κ3) is 6.80. The van der Waals surface area contributed by atoms with Crippen molar-refractivity contribution in [1.29, 1.82) is 0 Å². The maximum absolute atomic E-state index is 14.2. The average molecular weight is 536 g/mol. The number of aliphatic hydroxyl groups is 1. The highest BCUT2D eigenvalue weighted by Gasteiger charge is 2.27. The monoisotopic (exact) mass is 535 g/mol. The minimum absolute atomic E-state index is 0.0228. The fourth-order valence-corrected chi connectivity index (χ4v) is 3.83. The van der Waals surface area contributed by atoms with E-state index in [0.717, 1.165) is 16.7 Å². The largest absolute Gasteiger partial charge is 0.497 e. The second-order valence-corrected chi connectivity index (χ2v) is 10.1. The zero-order chi connectivity index (χ0) is 28.2. The number of rotatable bonds is 11. The molecule has 0 aliphatic heterocycles. The summed E-state index contributed by atoms with van der Waals surface area (Å²) in [6.45, 7) is 6.83. The molecule has 3 aromatic heterocycles. The van der Waals surface area contributed by atoms with Crippen molar-refractivity contribution in [3.8, 4) is 11.6 Å². The summed E-state index contributed by atoms with van der Waals surface area (Å²) < 4.78 is 21.2. The smallest absolute Gasteiger partial charge is 0.255 e. The lowest BCUT2D eigenvalue weighted by atomic mass is 10.0. The lowest BCUT2D eigenvalue weighted by Crippen LogP contribution is -2.42. The number of carbonyl (C=O) groups excluding carboxylic acids is 1. The van der Waals surface area contributed by atoms with Gasteiger partial charge in [-0.05, 0) is 51.5 Å². The van der Waals surface area contributed by atoms with Crippen molar-refractivity contribution in [3.63, 3.8) is 0 Å². The Hall–Kier alpha value is -4.25. The zero-order valence-electron chi connectivity index (χ0n) is 22.7. The molecule has 0 saturated heterocycles. The van der Waals surface area contributed by atoms with Crippen molar-refractivity contribution < 1.29 is 19.0 Å². The number of anilines is 2. The average Bonchev–Trinajstić information content (AvgIpc) is 3.33. The van der Waals surface area contributed by atoms with E-state index in [4.69, 9.17) is 9.72 Å². The van der Waals surface area contributed by atoms with Crippen molar-refractivity contribution in [2.75, 3.05) is 24.3 Å². The van der Waals surface area contributed by atoms with Gasteiger partial charge in [0.15, 0.2) is 5.65 Å². The first-order chi connectivity index (χ1) is 18.5. The number of carbonyl (C=O) groups is 1. The van der Waals surface area contributed by atoms with Crippen LogP contribution in [-0.2, 0) is 6.54 Å². The first kappa shape index (κ1) is 27.8. The van der Waals surface area contributed by atoms with Crippen LogP contribution in [0.5, 0.6) is 5.75 Å². The molecule has 0 fully saturated rings. The van der Waals surface area contributed by atoms with E-state index in [9.17, 15) is 14.3 Å². The number of methoxy groups -OCH3 is 1. The molecule has 4 aromatic rings. The summed E-state index contributed by atoms with van der Waals surface area (Å²) in [7, 11) is 1.63. The van der Waals surface area contributed by atoms with Crippen LogP contribution in [0.15, 0.2) is 55.0 Å². The number of pyridine rings is 1. The molecule has 3 heterocycles. The van der Waals surface area contributed by atoms with Crippen LogP contribution in [0.25, 0.3) is 16.9 Å². The van der Waals surface area contributed by atoms with Gasteiger partial charge in [0, 0.05) is 42.6 Å². The highest BCUT2D eigenvalue weighted by atomic mass is 19.1. The van der Waals surface area contributed by atoms with Crippen LogP contribution >= 0.6 is 0 Å². The minimum Gasteiger partial charge on any atom is -0.497 e. The molecular formula is C28H34FN7O3. The van der Waals surface area contributed by atoms with E-state index in [1.165, 1.54) is 20.0 Å². The maximum atomic E-state index is 14.2. The fourth-order valence-electron chi connectivity index (χ4n) is 3.83. The Bertz CT molecular complexity index is 1430. The number of alkyl halides is 1. The SMILES string of the molecule is COc1ccc(CNc2ncc3ccn(-c4cc(NC(C)C)c(C(=O)NC[C@@H](F)C(C)(C)O)cn4)c3n2)cc1. The maximum Gasteiger partial charge on any atom is 0.255 e. The van der Waals surface area contributed by atoms with Crippen LogP contribution in [0.4, 0.5) is 16.0 Å². The Balaban J connectivity index is 1.58. The Morgan fingerprint density at radius 2 is 1.90 bits per heavy atom. The zero-order valence-corrected chi connectivity index (χ0v) is 22.7. The summed E-state index contributed by atoms with van der Waals surface area (Å²) in [6, 6.07) is 11.4. The highest BCUT2D eigenvalue weighted by Crippen LogP contribution is 2.24. The Morgan fingerprint density at radius 3 is 2.56 bits per heavy atom. The second-order valence-electron chi connectivity index (χ2n) is 10.1.